The van der Waals surface area contributed by atoms with Gasteiger partial charge >= 0.3 is 0 Å². The van der Waals surface area contributed by atoms with Crippen molar-refractivity contribution in [3.05, 3.63) is 81.6 Å². The van der Waals surface area contributed by atoms with E-state index in [1.807, 2.05) is 24.3 Å². The average molecular weight is 583 g/mol. The summed E-state index contributed by atoms with van der Waals surface area (Å²) in [5, 5.41) is 25.6. The molecule has 0 saturated heterocycles. The van der Waals surface area contributed by atoms with Gasteiger partial charge in [-0.2, -0.15) is 0 Å². The van der Waals surface area contributed by atoms with Crippen molar-refractivity contribution in [2.24, 2.45) is 18.9 Å². The Balaban J connectivity index is 1.10. The molecule has 0 bridgehead atoms. The number of rotatable bonds is 4. The number of aliphatic hydroxyl groups is 2. The van der Waals surface area contributed by atoms with Crippen molar-refractivity contribution in [2.45, 2.75) is 61.6 Å². The summed E-state index contributed by atoms with van der Waals surface area (Å²) in [5.74, 6) is 5.91. The van der Waals surface area contributed by atoms with Gasteiger partial charge in [-0.1, -0.05) is 53.2 Å². The smallest absolute Gasteiger partial charge is 0.274 e. The third-order valence-corrected chi connectivity index (χ3v) is 9.46. The van der Waals surface area contributed by atoms with Crippen LogP contribution >= 0.6 is 23.2 Å². The second kappa shape index (κ2) is 10.2. The maximum Gasteiger partial charge on any atom is 0.274 e. The Morgan fingerprint density at radius 2 is 1.65 bits per heavy atom. The van der Waals surface area contributed by atoms with Gasteiger partial charge in [0.05, 0.1) is 17.0 Å². The van der Waals surface area contributed by atoms with Crippen LogP contribution in [0.2, 0.25) is 10.0 Å². The average Bonchev–Trinajstić information content (AvgIpc) is 3.55. The molecule has 6 rings (SSSR count). The van der Waals surface area contributed by atoms with Crippen molar-refractivity contribution in [1.82, 2.24) is 9.55 Å². The standard InChI is InChI=1S/C31H30Cl2FN3O3/c1-37-17-35-27(28(37)29(38)36-22-6-7-26(34)25(33)12-22)18-10-19-13-30(39,14-20(19)11-18)8-9-31(40)15-21(16-31)23-4-2-3-5-24(23)32/h2-7,12,17-21,39-40H,10-11,13-16H2,1H3,(H,36,38). The third kappa shape index (κ3) is 5.14. The number of hydrogen-bond donors (Lipinski definition) is 3. The number of aryl methyl sites for hydroxylation is 1. The summed E-state index contributed by atoms with van der Waals surface area (Å²) in [5.41, 5.74) is 0.386. The Bertz CT molecular complexity index is 1520. The Labute approximate surface area is 242 Å². The van der Waals surface area contributed by atoms with E-state index in [4.69, 9.17) is 23.2 Å². The number of hydrogen-bond acceptors (Lipinski definition) is 4. The minimum absolute atomic E-state index is 0.0629. The third-order valence-electron chi connectivity index (χ3n) is 8.83. The van der Waals surface area contributed by atoms with Gasteiger partial charge in [-0.15, -0.1) is 0 Å². The van der Waals surface area contributed by atoms with E-state index in [-0.39, 0.29) is 34.6 Å². The largest absolute Gasteiger partial charge is 0.378 e. The first kappa shape index (κ1) is 27.3. The zero-order valence-corrected chi connectivity index (χ0v) is 23.5. The van der Waals surface area contributed by atoms with Gasteiger partial charge in [0.1, 0.15) is 22.7 Å². The molecule has 3 fully saturated rings. The van der Waals surface area contributed by atoms with Crippen LogP contribution in [0.25, 0.3) is 0 Å². The van der Waals surface area contributed by atoms with Crippen LogP contribution < -0.4 is 5.32 Å². The fourth-order valence-corrected chi connectivity index (χ4v) is 7.36. The lowest BCUT2D eigenvalue weighted by Crippen LogP contribution is -2.41. The first-order valence-corrected chi connectivity index (χ1v) is 14.3. The Morgan fingerprint density at radius 3 is 2.30 bits per heavy atom. The molecule has 3 saturated carbocycles. The Kier molecular flexibility index (Phi) is 6.95. The SMILES string of the molecule is Cn1cnc(C2CC3CC(O)(C#CC4(O)CC(c5ccccc5Cl)C4)CC3C2)c1C(=O)Nc1ccc(F)c(Cl)c1. The first-order valence-electron chi connectivity index (χ1n) is 13.5. The maximum absolute atomic E-state index is 13.5. The summed E-state index contributed by atoms with van der Waals surface area (Å²) in [6, 6.07) is 11.7. The van der Waals surface area contributed by atoms with E-state index in [0.717, 1.165) is 24.1 Å². The van der Waals surface area contributed by atoms with Crippen molar-refractivity contribution >= 4 is 34.8 Å². The van der Waals surface area contributed by atoms with Crippen LogP contribution in [0.3, 0.4) is 0 Å². The monoisotopic (exact) mass is 581 g/mol. The van der Waals surface area contributed by atoms with Crippen molar-refractivity contribution < 1.29 is 19.4 Å². The number of carbonyl (C=O) groups is 1. The fourth-order valence-electron chi connectivity index (χ4n) is 6.89. The van der Waals surface area contributed by atoms with Gasteiger partial charge in [-0.05, 0) is 86.1 Å². The number of nitrogens with one attached hydrogen (secondary N) is 1. The van der Waals surface area contributed by atoms with Gasteiger partial charge in [-0.25, -0.2) is 9.37 Å². The quantitative estimate of drug-likeness (QED) is 0.326. The highest BCUT2D eigenvalue weighted by Crippen LogP contribution is 2.54. The van der Waals surface area contributed by atoms with Crippen molar-refractivity contribution in [3.63, 3.8) is 0 Å². The van der Waals surface area contributed by atoms with E-state index in [1.165, 1.54) is 18.2 Å². The molecule has 9 heteroatoms. The van der Waals surface area contributed by atoms with Crippen LogP contribution in [0.15, 0.2) is 48.8 Å². The van der Waals surface area contributed by atoms with E-state index in [9.17, 15) is 19.4 Å². The number of fused-ring (bicyclic) bond motifs is 1. The maximum atomic E-state index is 13.5. The molecule has 208 valence electrons. The first-order chi connectivity index (χ1) is 19.0. The number of halogens is 3. The highest BCUT2D eigenvalue weighted by atomic mass is 35.5. The number of benzene rings is 2. The number of anilines is 1. The van der Waals surface area contributed by atoms with Crippen LogP contribution in [0.5, 0.6) is 0 Å². The second-order valence-electron chi connectivity index (χ2n) is 11.7. The van der Waals surface area contributed by atoms with Gasteiger partial charge in [0.2, 0.25) is 0 Å². The summed E-state index contributed by atoms with van der Waals surface area (Å²) in [6.07, 6.45) is 5.31. The highest BCUT2D eigenvalue weighted by molar-refractivity contribution is 6.31. The minimum Gasteiger partial charge on any atom is -0.378 e. The minimum atomic E-state index is -1.13. The predicted molar refractivity (Wildman–Crippen MR) is 152 cm³/mol. The molecule has 6 nitrogen and oxygen atoms in total. The van der Waals surface area contributed by atoms with Gasteiger partial charge in [0.25, 0.3) is 5.91 Å². The molecule has 3 aromatic rings. The molecule has 3 aliphatic rings. The zero-order chi connectivity index (χ0) is 28.2. The molecule has 1 amide bonds. The molecular formula is C31H30Cl2FN3O3. The molecule has 40 heavy (non-hydrogen) atoms. The molecule has 2 unspecified atom stereocenters. The molecule has 3 N–H and O–H groups in total. The number of carbonyl (C=O) groups excluding carboxylic acids is 1. The Hall–Kier alpha value is -2.89. The summed E-state index contributed by atoms with van der Waals surface area (Å²) in [4.78, 5) is 17.7. The summed E-state index contributed by atoms with van der Waals surface area (Å²) < 4.78 is 15.2. The van der Waals surface area contributed by atoms with Crippen LogP contribution in [0.1, 0.15) is 72.1 Å². The van der Waals surface area contributed by atoms with Gasteiger partial charge < -0.3 is 20.1 Å². The van der Waals surface area contributed by atoms with Crippen LogP contribution in [-0.4, -0.2) is 36.9 Å². The van der Waals surface area contributed by atoms with Gasteiger partial charge in [0.15, 0.2) is 0 Å². The van der Waals surface area contributed by atoms with Gasteiger partial charge in [0, 0.05) is 23.7 Å². The molecule has 1 heterocycles. The highest BCUT2D eigenvalue weighted by Gasteiger charge is 2.50. The molecule has 0 spiro atoms. The van der Waals surface area contributed by atoms with Crippen molar-refractivity contribution in [1.29, 1.82) is 0 Å². The number of nitrogens with zero attached hydrogens (tertiary/aromatic N) is 2. The summed E-state index contributed by atoms with van der Waals surface area (Å²) in [7, 11) is 1.77. The lowest BCUT2D eigenvalue weighted by Gasteiger charge is -2.40. The lowest BCUT2D eigenvalue weighted by molar-refractivity contribution is 0.00467. The summed E-state index contributed by atoms with van der Waals surface area (Å²) >= 11 is 12.2. The topological polar surface area (TPSA) is 87.4 Å². The molecular weight excluding hydrogens is 552 g/mol. The number of aromatic nitrogens is 2. The Morgan fingerprint density at radius 1 is 1.00 bits per heavy atom. The van der Waals surface area contributed by atoms with E-state index in [0.29, 0.717) is 42.1 Å². The van der Waals surface area contributed by atoms with Crippen LogP contribution in [-0.2, 0) is 7.05 Å². The molecule has 0 aliphatic heterocycles. The van der Waals surface area contributed by atoms with Crippen molar-refractivity contribution in [2.75, 3.05) is 5.32 Å². The van der Waals surface area contributed by atoms with Gasteiger partial charge in [-0.3, -0.25) is 4.79 Å². The van der Waals surface area contributed by atoms with Crippen LogP contribution in [0, 0.1) is 29.5 Å². The van der Waals surface area contributed by atoms with Crippen LogP contribution in [0.4, 0.5) is 10.1 Å². The molecule has 3 aliphatic carbocycles. The normalized spacial score (nSPS) is 30.8. The van der Waals surface area contributed by atoms with E-state index < -0.39 is 17.0 Å². The lowest BCUT2D eigenvalue weighted by atomic mass is 9.68. The number of amides is 1. The number of imidazole rings is 1. The molecule has 2 aromatic carbocycles. The molecule has 2 atom stereocenters. The molecule has 0 radical (unpaired) electrons. The second-order valence-corrected chi connectivity index (χ2v) is 12.5. The van der Waals surface area contributed by atoms with Crippen molar-refractivity contribution in [3.8, 4) is 11.8 Å². The summed E-state index contributed by atoms with van der Waals surface area (Å²) in [6.45, 7) is 0. The predicted octanol–water partition coefficient (Wildman–Crippen LogP) is 6.07. The fraction of sp³-hybridized carbons (Fsp3) is 0.419. The van der Waals surface area contributed by atoms with E-state index in [1.54, 1.807) is 17.9 Å². The zero-order valence-electron chi connectivity index (χ0n) is 22.0. The van der Waals surface area contributed by atoms with E-state index in [2.05, 4.69) is 22.1 Å². The van der Waals surface area contributed by atoms with E-state index >= 15 is 0 Å². The molecule has 1 aromatic heterocycles.